The summed E-state index contributed by atoms with van der Waals surface area (Å²) in [5.41, 5.74) is 1.05. The molecule has 226 valence electrons. The van der Waals surface area contributed by atoms with Gasteiger partial charge in [0.15, 0.2) is 23.0 Å². The lowest BCUT2D eigenvalue weighted by molar-refractivity contribution is -0.140. The van der Waals surface area contributed by atoms with Gasteiger partial charge >= 0.3 is 0 Å². The monoisotopic (exact) mass is 580 g/mol. The lowest BCUT2D eigenvalue weighted by atomic mass is 9.94. The summed E-state index contributed by atoms with van der Waals surface area (Å²) >= 11 is 0. The highest BCUT2D eigenvalue weighted by Crippen LogP contribution is 2.43. The van der Waals surface area contributed by atoms with E-state index in [0.29, 0.717) is 86.9 Å². The molecule has 0 spiro atoms. The van der Waals surface area contributed by atoms with E-state index >= 15 is 0 Å². The van der Waals surface area contributed by atoms with Gasteiger partial charge in [0.1, 0.15) is 19.0 Å². The summed E-state index contributed by atoms with van der Waals surface area (Å²) in [4.78, 5) is 30.8. The Morgan fingerprint density at radius 2 is 1.69 bits per heavy atom. The lowest BCUT2D eigenvalue weighted by Gasteiger charge is -2.31. The van der Waals surface area contributed by atoms with E-state index in [2.05, 4.69) is 11.8 Å². The van der Waals surface area contributed by atoms with E-state index in [1.807, 2.05) is 25.1 Å². The van der Waals surface area contributed by atoms with Crippen molar-refractivity contribution in [3.63, 3.8) is 0 Å². The quantitative estimate of drug-likeness (QED) is 0.171. The molecule has 2 aromatic carbocycles. The number of ether oxygens (including phenoxy) is 5. The average Bonchev–Trinajstić information content (AvgIpc) is 3.27. The van der Waals surface area contributed by atoms with Gasteiger partial charge in [-0.3, -0.25) is 14.5 Å². The normalized spacial score (nSPS) is 20.1. The van der Waals surface area contributed by atoms with E-state index in [1.165, 1.54) is 0 Å². The Morgan fingerprint density at radius 3 is 2.45 bits per heavy atom. The largest absolute Gasteiger partial charge is 0.507 e. The number of aliphatic hydroxyl groups excluding tert-OH is 1. The van der Waals surface area contributed by atoms with Gasteiger partial charge in [-0.2, -0.15) is 0 Å². The van der Waals surface area contributed by atoms with Crippen LogP contribution in [-0.2, 0) is 14.3 Å². The molecular weight excluding hydrogens is 540 g/mol. The van der Waals surface area contributed by atoms with E-state index in [-0.39, 0.29) is 11.3 Å². The number of nitrogens with zero attached hydrogens (tertiary/aromatic N) is 2. The number of hydrogen-bond acceptors (Lipinski definition) is 9. The molecule has 2 aromatic rings. The highest BCUT2D eigenvalue weighted by atomic mass is 16.6. The van der Waals surface area contributed by atoms with Crippen molar-refractivity contribution in [1.29, 1.82) is 0 Å². The van der Waals surface area contributed by atoms with Crippen molar-refractivity contribution < 1.29 is 38.4 Å². The Balaban J connectivity index is 1.53. The molecule has 0 saturated carbocycles. The molecule has 5 rings (SSSR count). The third kappa shape index (κ3) is 6.50. The van der Waals surface area contributed by atoms with Crippen LogP contribution < -0.4 is 18.9 Å². The Morgan fingerprint density at radius 1 is 0.905 bits per heavy atom. The SMILES string of the molecule is CCCCCOc1ccc([C@H]2C(=C(O)c3ccc4c(c3)OCCO4)C(=O)C(=O)N2CCN2CCOCC2)cc1OCC. The van der Waals surface area contributed by atoms with Crippen LogP contribution in [0.1, 0.15) is 50.3 Å². The topological polar surface area (TPSA) is 107 Å². The van der Waals surface area contributed by atoms with E-state index in [9.17, 15) is 14.7 Å². The maximum atomic E-state index is 13.6. The fraction of sp³-hybridized carbons (Fsp3) is 0.500. The number of unbranched alkanes of at least 4 members (excludes halogenated alkanes) is 2. The summed E-state index contributed by atoms with van der Waals surface area (Å²) in [5.74, 6) is 0.542. The predicted molar refractivity (Wildman–Crippen MR) is 156 cm³/mol. The number of hydrogen-bond donors (Lipinski definition) is 1. The fourth-order valence-electron chi connectivity index (χ4n) is 5.49. The molecule has 10 heteroatoms. The summed E-state index contributed by atoms with van der Waals surface area (Å²) in [5, 5.41) is 11.6. The molecule has 1 N–H and O–H groups in total. The van der Waals surface area contributed by atoms with Gasteiger partial charge in [0, 0.05) is 31.7 Å². The zero-order valence-electron chi connectivity index (χ0n) is 24.4. The lowest BCUT2D eigenvalue weighted by Crippen LogP contribution is -2.42. The number of Topliss-reactive ketones (excluding diaryl/α,β-unsaturated/α-hetero) is 1. The summed E-state index contributed by atoms with van der Waals surface area (Å²) in [7, 11) is 0. The second kappa shape index (κ2) is 13.9. The number of morpholine rings is 1. The number of carbonyl (C=O) groups is 2. The van der Waals surface area contributed by atoms with Crippen molar-refractivity contribution in [1.82, 2.24) is 9.80 Å². The van der Waals surface area contributed by atoms with Crippen LogP contribution in [0.15, 0.2) is 42.0 Å². The van der Waals surface area contributed by atoms with E-state index in [1.54, 1.807) is 23.1 Å². The van der Waals surface area contributed by atoms with Crippen LogP contribution in [0.3, 0.4) is 0 Å². The van der Waals surface area contributed by atoms with Crippen LogP contribution in [0.25, 0.3) is 5.76 Å². The second-order valence-electron chi connectivity index (χ2n) is 10.5. The molecule has 3 aliphatic heterocycles. The summed E-state index contributed by atoms with van der Waals surface area (Å²) in [6.45, 7) is 9.50. The molecule has 0 bridgehead atoms. The first-order valence-electron chi connectivity index (χ1n) is 14.9. The summed E-state index contributed by atoms with van der Waals surface area (Å²) in [6, 6.07) is 9.67. The molecule has 10 nitrogen and oxygen atoms in total. The molecule has 0 aliphatic carbocycles. The molecule has 42 heavy (non-hydrogen) atoms. The Labute approximate surface area is 246 Å². The smallest absolute Gasteiger partial charge is 0.295 e. The minimum absolute atomic E-state index is 0.0257. The zero-order chi connectivity index (χ0) is 29.5. The third-order valence-electron chi connectivity index (χ3n) is 7.71. The number of ketones is 1. The van der Waals surface area contributed by atoms with Gasteiger partial charge in [-0.1, -0.05) is 25.8 Å². The third-order valence-corrected chi connectivity index (χ3v) is 7.71. The molecule has 3 aliphatic rings. The minimum Gasteiger partial charge on any atom is -0.507 e. The van der Waals surface area contributed by atoms with Gasteiger partial charge in [-0.25, -0.2) is 0 Å². The van der Waals surface area contributed by atoms with Crippen LogP contribution in [0, 0.1) is 0 Å². The van der Waals surface area contributed by atoms with Crippen molar-refractivity contribution in [3.8, 4) is 23.0 Å². The molecule has 0 aromatic heterocycles. The highest BCUT2D eigenvalue weighted by Gasteiger charge is 2.46. The number of amides is 1. The molecule has 3 heterocycles. The Hall–Kier alpha value is -3.76. The van der Waals surface area contributed by atoms with Gasteiger partial charge in [-0.15, -0.1) is 0 Å². The summed E-state index contributed by atoms with van der Waals surface area (Å²) in [6.07, 6.45) is 3.09. The van der Waals surface area contributed by atoms with Crippen molar-refractivity contribution >= 4 is 17.4 Å². The maximum absolute atomic E-state index is 13.6. The van der Waals surface area contributed by atoms with Gasteiger partial charge in [0.25, 0.3) is 11.7 Å². The Kier molecular flexibility index (Phi) is 9.86. The first-order valence-corrected chi connectivity index (χ1v) is 14.9. The van der Waals surface area contributed by atoms with Crippen LogP contribution in [0.5, 0.6) is 23.0 Å². The first-order chi connectivity index (χ1) is 20.5. The number of carbonyl (C=O) groups excluding carboxylic acids is 2. The van der Waals surface area contributed by atoms with Crippen LogP contribution in [0.2, 0.25) is 0 Å². The van der Waals surface area contributed by atoms with Gasteiger partial charge in [0.05, 0.1) is 38.0 Å². The highest BCUT2D eigenvalue weighted by molar-refractivity contribution is 6.46. The first kappa shape index (κ1) is 29.7. The molecule has 2 saturated heterocycles. The van der Waals surface area contributed by atoms with Crippen molar-refractivity contribution in [2.75, 3.05) is 65.8 Å². The summed E-state index contributed by atoms with van der Waals surface area (Å²) < 4.78 is 28.7. The number of benzene rings is 2. The predicted octanol–water partition coefficient (Wildman–Crippen LogP) is 4.18. The van der Waals surface area contributed by atoms with Gasteiger partial charge in [-0.05, 0) is 49.2 Å². The maximum Gasteiger partial charge on any atom is 0.295 e. The van der Waals surface area contributed by atoms with Crippen molar-refractivity contribution in [2.45, 2.75) is 39.2 Å². The van der Waals surface area contributed by atoms with Gasteiger partial charge < -0.3 is 33.7 Å². The number of aliphatic hydroxyl groups is 1. The standard InChI is InChI=1S/C32H40N2O8/c1-3-5-6-15-40-24-9-7-22(20-26(24)39-4-2)29-28(30(35)23-8-10-25-27(21-23)42-19-18-41-25)31(36)32(37)34(29)12-11-33-13-16-38-17-14-33/h7-10,20-21,29,35H,3-6,11-19H2,1-2H3/t29-/m0/s1. The van der Waals surface area contributed by atoms with Gasteiger partial charge in [0.2, 0.25) is 0 Å². The molecule has 2 fully saturated rings. The van der Waals surface area contributed by atoms with Crippen LogP contribution in [0.4, 0.5) is 0 Å². The zero-order valence-corrected chi connectivity index (χ0v) is 24.4. The number of rotatable bonds is 12. The average molecular weight is 581 g/mol. The second-order valence-corrected chi connectivity index (χ2v) is 10.5. The number of fused-ring (bicyclic) bond motifs is 1. The van der Waals surface area contributed by atoms with E-state index < -0.39 is 17.7 Å². The van der Waals surface area contributed by atoms with Crippen molar-refractivity contribution in [3.05, 3.63) is 53.1 Å². The molecule has 0 unspecified atom stereocenters. The van der Waals surface area contributed by atoms with Crippen LogP contribution in [-0.4, -0.2) is 92.4 Å². The van der Waals surface area contributed by atoms with Crippen LogP contribution >= 0.6 is 0 Å². The molecule has 0 radical (unpaired) electrons. The van der Waals surface area contributed by atoms with E-state index in [4.69, 9.17) is 23.7 Å². The molecule has 1 amide bonds. The molecule has 1 atom stereocenters. The Bertz CT molecular complexity index is 1300. The van der Waals surface area contributed by atoms with E-state index in [0.717, 1.165) is 32.4 Å². The minimum atomic E-state index is -0.812. The van der Waals surface area contributed by atoms with Crippen molar-refractivity contribution in [2.24, 2.45) is 0 Å². The fourth-order valence-corrected chi connectivity index (χ4v) is 5.49. The molecular formula is C32H40N2O8. The number of likely N-dealkylation sites (tertiary alicyclic amines) is 1.